The van der Waals surface area contributed by atoms with Crippen molar-refractivity contribution in [3.8, 4) is 22.5 Å². The number of H-pyrrole nitrogens is 1. The lowest BCUT2D eigenvalue weighted by atomic mass is 9.98. The molecule has 0 amide bonds. The zero-order valence-corrected chi connectivity index (χ0v) is 31.8. The van der Waals surface area contributed by atoms with Gasteiger partial charge in [0, 0.05) is 32.1 Å². The zero-order chi connectivity index (χ0) is 39.4. The number of aromatic amines is 1. The van der Waals surface area contributed by atoms with Crippen LogP contribution in [0.4, 0.5) is 4.79 Å². The number of nitrogens with zero attached hydrogens (tertiary/aromatic N) is 6. The molecular weight excluding hydrogens is 754 g/mol. The van der Waals surface area contributed by atoms with Crippen molar-refractivity contribution in [2.45, 2.75) is 96.0 Å². The minimum atomic E-state index is -1.32. The Bertz CT molecular complexity index is 1910. The molecule has 0 spiro atoms. The molecular formula is C37H44ClN7O11. The number of carbonyl (C=O) groups excluding carboxylic acids is 2. The summed E-state index contributed by atoms with van der Waals surface area (Å²) in [5, 5.41) is 23.8. The number of ether oxygens (including phenoxy) is 6. The van der Waals surface area contributed by atoms with E-state index in [-0.39, 0.29) is 43.3 Å². The van der Waals surface area contributed by atoms with E-state index >= 15 is 0 Å². The summed E-state index contributed by atoms with van der Waals surface area (Å²) in [7, 11) is 0. The Balaban J connectivity index is 1.01. The number of tetrazole rings is 1. The molecule has 2 aromatic carbocycles. The Hall–Kier alpha value is -5.17. The van der Waals surface area contributed by atoms with Crippen LogP contribution in [0, 0.1) is 10.1 Å². The largest absolute Gasteiger partial charge is 0.511 e. The van der Waals surface area contributed by atoms with E-state index in [1.165, 1.54) is 6.92 Å². The summed E-state index contributed by atoms with van der Waals surface area (Å²) in [6.45, 7) is 4.62. The summed E-state index contributed by atoms with van der Waals surface area (Å²) in [6.07, 6.45) is 0.831. The highest BCUT2D eigenvalue weighted by atomic mass is 35.5. The maximum Gasteiger partial charge on any atom is 0.511 e. The molecule has 6 rings (SSSR count). The van der Waals surface area contributed by atoms with Crippen LogP contribution >= 0.6 is 11.6 Å². The summed E-state index contributed by atoms with van der Waals surface area (Å²) >= 11 is 6.55. The van der Waals surface area contributed by atoms with Crippen LogP contribution in [0.3, 0.4) is 0 Å². The van der Waals surface area contributed by atoms with Gasteiger partial charge in [-0.1, -0.05) is 86.3 Å². The van der Waals surface area contributed by atoms with Crippen LogP contribution < -0.4 is 0 Å². The smallest absolute Gasteiger partial charge is 0.426 e. The average Bonchev–Trinajstić information content (AvgIpc) is 3.99. The molecule has 4 aromatic rings. The molecule has 1 N–H and O–H groups in total. The van der Waals surface area contributed by atoms with E-state index in [2.05, 4.69) is 37.4 Å². The van der Waals surface area contributed by atoms with Crippen molar-refractivity contribution in [1.29, 1.82) is 0 Å². The fourth-order valence-corrected chi connectivity index (χ4v) is 6.93. The highest BCUT2D eigenvalue weighted by molar-refractivity contribution is 6.32. The molecule has 3 unspecified atom stereocenters. The average molecular weight is 798 g/mol. The van der Waals surface area contributed by atoms with Gasteiger partial charge in [-0.25, -0.2) is 14.6 Å². The number of halogens is 1. The molecule has 2 aromatic heterocycles. The maximum atomic E-state index is 13.6. The standard InChI is InChI=1S/C37H44ClN7O11/c1-3-4-13-30-39-34(38)31(44(30)20-24-14-16-25(17-15-24)26-11-7-8-12-27(26)35-40-42-43-41-35)36(46)54-23(2)55-37(47)56-29-22-52-32-28(21-51-33(29)32)50-18-9-5-6-10-19-53-45(48)49/h7-8,11-12,14-17,23,28-29,32-33H,3-6,9-10,13,18-22H2,1-2H3,(H,40,41,42,43)/t23?,28-,29-,32?,33?/m1/s1. The quantitative estimate of drug-likeness (QED) is 0.0370. The molecule has 18 nitrogen and oxygen atoms in total. The van der Waals surface area contributed by atoms with Crippen LogP contribution in [0.15, 0.2) is 48.5 Å². The molecule has 56 heavy (non-hydrogen) atoms. The number of hydrogen-bond donors (Lipinski definition) is 1. The van der Waals surface area contributed by atoms with Crippen molar-refractivity contribution in [3.05, 3.63) is 80.9 Å². The van der Waals surface area contributed by atoms with Gasteiger partial charge in [0.1, 0.15) is 24.1 Å². The van der Waals surface area contributed by atoms with Gasteiger partial charge < -0.3 is 37.8 Å². The minimum absolute atomic E-state index is 0.0202. The summed E-state index contributed by atoms with van der Waals surface area (Å²) in [5.74, 6) is 0.293. The number of imidazole rings is 1. The Kier molecular flexibility index (Phi) is 14.2. The van der Waals surface area contributed by atoms with Crippen molar-refractivity contribution < 1.29 is 47.9 Å². The van der Waals surface area contributed by atoms with Crippen LogP contribution in [0.2, 0.25) is 5.15 Å². The molecule has 0 bridgehead atoms. The first-order valence-corrected chi connectivity index (χ1v) is 19.0. The predicted octanol–water partition coefficient (Wildman–Crippen LogP) is 5.75. The first-order chi connectivity index (χ1) is 27.2. The summed E-state index contributed by atoms with van der Waals surface area (Å²) < 4.78 is 35.7. The number of esters is 1. The number of rotatable bonds is 20. The number of aromatic nitrogens is 6. The molecule has 19 heteroatoms. The van der Waals surface area contributed by atoms with Gasteiger partial charge in [-0.15, -0.1) is 20.3 Å². The second-order valence-corrected chi connectivity index (χ2v) is 13.7. The molecule has 0 radical (unpaired) electrons. The van der Waals surface area contributed by atoms with E-state index in [0.717, 1.165) is 54.4 Å². The molecule has 5 atom stereocenters. The second-order valence-electron chi connectivity index (χ2n) is 13.3. The predicted molar refractivity (Wildman–Crippen MR) is 197 cm³/mol. The number of carbonyl (C=O) groups is 2. The van der Waals surface area contributed by atoms with E-state index in [9.17, 15) is 19.7 Å². The lowest BCUT2D eigenvalue weighted by molar-refractivity contribution is -0.757. The highest BCUT2D eigenvalue weighted by Gasteiger charge is 2.50. The minimum Gasteiger partial charge on any atom is -0.426 e. The van der Waals surface area contributed by atoms with E-state index < -0.39 is 41.8 Å². The Labute approximate surface area is 327 Å². The number of nitrogens with one attached hydrogen (secondary N) is 1. The Morgan fingerprint density at radius 1 is 0.982 bits per heavy atom. The number of aryl methyl sites for hydroxylation is 1. The van der Waals surface area contributed by atoms with Gasteiger partial charge in [-0.2, -0.15) is 5.21 Å². The third kappa shape index (κ3) is 10.4. The Morgan fingerprint density at radius 2 is 1.70 bits per heavy atom. The monoisotopic (exact) mass is 797 g/mol. The fraction of sp³-hybridized carbons (Fsp3) is 0.514. The van der Waals surface area contributed by atoms with E-state index in [1.807, 2.05) is 48.5 Å². The molecule has 2 aliphatic rings. The van der Waals surface area contributed by atoms with Gasteiger partial charge >= 0.3 is 12.1 Å². The normalized spacial score (nSPS) is 19.3. The van der Waals surface area contributed by atoms with Crippen molar-refractivity contribution in [2.24, 2.45) is 0 Å². The fourth-order valence-electron chi connectivity index (χ4n) is 6.66. The van der Waals surface area contributed by atoms with Crippen LogP contribution in [0.1, 0.15) is 74.2 Å². The highest BCUT2D eigenvalue weighted by Crippen LogP contribution is 2.32. The van der Waals surface area contributed by atoms with Crippen molar-refractivity contribution in [3.63, 3.8) is 0 Å². The van der Waals surface area contributed by atoms with Crippen molar-refractivity contribution in [1.82, 2.24) is 30.2 Å². The molecule has 2 fully saturated rings. The van der Waals surface area contributed by atoms with E-state index in [4.69, 9.17) is 40.0 Å². The van der Waals surface area contributed by atoms with Gasteiger partial charge in [-0.05, 0) is 41.2 Å². The first-order valence-electron chi connectivity index (χ1n) is 18.6. The summed E-state index contributed by atoms with van der Waals surface area (Å²) in [5.41, 5.74) is 3.63. The maximum absolute atomic E-state index is 13.6. The molecule has 2 saturated heterocycles. The van der Waals surface area contributed by atoms with Crippen LogP contribution in [-0.2, 0) is 46.2 Å². The third-order valence-electron chi connectivity index (χ3n) is 9.38. The first kappa shape index (κ1) is 40.5. The lowest BCUT2D eigenvalue weighted by Crippen LogP contribution is -2.36. The molecule has 4 heterocycles. The molecule has 0 saturated carbocycles. The van der Waals surface area contributed by atoms with Crippen LogP contribution in [0.5, 0.6) is 0 Å². The van der Waals surface area contributed by atoms with Gasteiger partial charge in [0.15, 0.2) is 17.0 Å². The number of fused-ring (bicyclic) bond motifs is 1. The molecule has 300 valence electrons. The SMILES string of the molecule is CCCCc1nc(Cl)c(C(=O)OC(C)OC(=O)O[C@@H]2COC3C2OC[C@H]3OCCCCCCO[N+](=O)[O-])n1Cc1ccc(-c2ccccc2-c2nn[nH]n2)cc1. The van der Waals surface area contributed by atoms with Crippen molar-refractivity contribution in [2.75, 3.05) is 26.4 Å². The second kappa shape index (κ2) is 19.6. The van der Waals surface area contributed by atoms with E-state index in [1.54, 1.807) is 4.57 Å². The molecule has 0 aliphatic carbocycles. The lowest BCUT2D eigenvalue weighted by Gasteiger charge is -2.19. The third-order valence-corrected chi connectivity index (χ3v) is 9.65. The summed E-state index contributed by atoms with van der Waals surface area (Å²) in [6, 6.07) is 15.6. The topological polar surface area (TPSA) is 214 Å². The van der Waals surface area contributed by atoms with Gasteiger partial charge in [0.05, 0.1) is 19.8 Å². The summed E-state index contributed by atoms with van der Waals surface area (Å²) in [4.78, 5) is 45.4. The number of unbranched alkanes of at least 4 members (excludes halogenated alkanes) is 4. The van der Waals surface area contributed by atoms with Gasteiger partial charge in [0.2, 0.25) is 12.1 Å². The van der Waals surface area contributed by atoms with Crippen LogP contribution in [0.25, 0.3) is 22.5 Å². The number of benzene rings is 2. The zero-order valence-electron chi connectivity index (χ0n) is 31.0. The van der Waals surface area contributed by atoms with Crippen LogP contribution in [-0.4, -0.2) is 105 Å². The van der Waals surface area contributed by atoms with Gasteiger partial charge in [0.25, 0.3) is 5.09 Å². The van der Waals surface area contributed by atoms with E-state index in [0.29, 0.717) is 31.1 Å². The Morgan fingerprint density at radius 3 is 2.41 bits per heavy atom. The van der Waals surface area contributed by atoms with Crippen molar-refractivity contribution >= 4 is 23.7 Å². The van der Waals surface area contributed by atoms with Gasteiger partial charge in [-0.3, -0.25) is 0 Å². The number of hydrogen-bond acceptors (Lipinski definition) is 15. The molecule has 2 aliphatic heterocycles.